The minimum absolute atomic E-state index is 0.666. The molecule has 1 aliphatic rings. The van der Waals surface area contributed by atoms with Crippen molar-refractivity contribution in [3.8, 4) is 5.75 Å². The molecule has 0 aromatic heterocycles. The Bertz CT molecular complexity index is 305. The van der Waals surface area contributed by atoms with Crippen LogP contribution >= 0.6 is 0 Å². The van der Waals surface area contributed by atoms with Crippen molar-refractivity contribution in [2.45, 2.75) is 18.8 Å². The van der Waals surface area contributed by atoms with Crippen molar-refractivity contribution < 1.29 is 4.74 Å². The average molecular weight is 191 g/mol. The van der Waals surface area contributed by atoms with E-state index >= 15 is 0 Å². The van der Waals surface area contributed by atoms with Gasteiger partial charge in [0, 0.05) is 0 Å². The lowest BCUT2D eigenvalue weighted by atomic mass is 9.71. The van der Waals surface area contributed by atoms with Crippen molar-refractivity contribution in [2.24, 2.45) is 11.7 Å². The van der Waals surface area contributed by atoms with Crippen LogP contribution in [0.5, 0.6) is 5.75 Å². The summed E-state index contributed by atoms with van der Waals surface area (Å²) in [5.41, 5.74) is 6.96. The van der Waals surface area contributed by atoms with Gasteiger partial charge < -0.3 is 10.5 Å². The van der Waals surface area contributed by atoms with E-state index in [-0.39, 0.29) is 0 Å². The van der Waals surface area contributed by atoms with Gasteiger partial charge in [-0.2, -0.15) is 0 Å². The Balaban J connectivity index is 2.10. The maximum atomic E-state index is 5.61. The molecule has 1 aromatic carbocycles. The molecule has 1 aliphatic carbocycles. The second-order valence-electron chi connectivity index (χ2n) is 4.01. The highest BCUT2D eigenvalue weighted by molar-refractivity contribution is 5.37. The van der Waals surface area contributed by atoms with Crippen molar-refractivity contribution in [2.75, 3.05) is 13.7 Å². The molecule has 76 valence electrons. The molecule has 0 atom stereocenters. The number of nitrogens with two attached hydrogens (primary N) is 1. The minimum Gasteiger partial charge on any atom is -0.496 e. The second kappa shape index (κ2) is 4.01. The lowest BCUT2D eigenvalue weighted by Gasteiger charge is -2.35. The second-order valence-corrected chi connectivity index (χ2v) is 4.01. The summed E-state index contributed by atoms with van der Waals surface area (Å²) < 4.78 is 5.34. The van der Waals surface area contributed by atoms with E-state index in [0.717, 1.165) is 18.2 Å². The van der Waals surface area contributed by atoms with Gasteiger partial charge in [0.1, 0.15) is 5.75 Å². The van der Waals surface area contributed by atoms with Crippen molar-refractivity contribution in [3.05, 3.63) is 29.8 Å². The van der Waals surface area contributed by atoms with E-state index in [4.69, 9.17) is 10.5 Å². The van der Waals surface area contributed by atoms with Gasteiger partial charge >= 0.3 is 0 Å². The van der Waals surface area contributed by atoms with Crippen LogP contribution in [0.25, 0.3) is 0 Å². The van der Waals surface area contributed by atoms with E-state index in [1.807, 2.05) is 12.1 Å². The summed E-state index contributed by atoms with van der Waals surface area (Å²) in [4.78, 5) is 0. The zero-order valence-electron chi connectivity index (χ0n) is 8.57. The Kier molecular flexibility index (Phi) is 2.73. The van der Waals surface area contributed by atoms with Crippen LogP contribution < -0.4 is 10.5 Å². The number of methoxy groups -OCH3 is 1. The number of para-hydroxylation sites is 1. The van der Waals surface area contributed by atoms with Crippen LogP contribution in [0.2, 0.25) is 0 Å². The van der Waals surface area contributed by atoms with Crippen LogP contribution in [0.15, 0.2) is 24.3 Å². The molecule has 0 bridgehead atoms. The first kappa shape index (κ1) is 9.53. The molecular weight excluding hydrogens is 174 g/mol. The normalized spacial score (nSPS) is 25.6. The Labute approximate surface area is 85.1 Å². The number of hydrogen-bond acceptors (Lipinski definition) is 2. The SMILES string of the molecule is COc1ccccc1C1CC(CN)C1. The van der Waals surface area contributed by atoms with E-state index in [0.29, 0.717) is 5.92 Å². The van der Waals surface area contributed by atoms with Crippen molar-refractivity contribution in [3.63, 3.8) is 0 Å². The molecule has 0 amide bonds. The predicted molar refractivity (Wildman–Crippen MR) is 57.5 cm³/mol. The average Bonchev–Trinajstić information content (AvgIpc) is 2.17. The number of hydrogen-bond donors (Lipinski definition) is 1. The smallest absolute Gasteiger partial charge is 0.122 e. The summed E-state index contributed by atoms with van der Waals surface area (Å²) in [6.07, 6.45) is 2.44. The van der Waals surface area contributed by atoms with Crippen LogP contribution in [0, 0.1) is 5.92 Å². The molecule has 2 nitrogen and oxygen atoms in total. The predicted octanol–water partition coefficient (Wildman–Crippen LogP) is 2.15. The fraction of sp³-hybridized carbons (Fsp3) is 0.500. The molecule has 14 heavy (non-hydrogen) atoms. The van der Waals surface area contributed by atoms with E-state index in [1.165, 1.54) is 18.4 Å². The minimum atomic E-state index is 0.666. The first-order valence-corrected chi connectivity index (χ1v) is 5.18. The van der Waals surface area contributed by atoms with E-state index < -0.39 is 0 Å². The Morgan fingerprint density at radius 1 is 1.36 bits per heavy atom. The first-order chi connectivity index (χ1) is 6.85. The summed E-state index contributed by atoms with van der Waals surface area (Å²) in [6, 6.07) is 8.29. The Hall–Kier alpha value is -1.02. The molecule has 0 saturated heterocycles. The molecular formula is C12H17NO. The van der Waals surface area contributed by atoms with Gasteiger partial charge in [0.15, 0.2) is 0 Å². The third-order valence-corrected chi connectivity index (χ3v) is 3.15. The molecule has 0 unspecified atom stereocenters. The zero-order chi connectivity index (χ0) is 9.97. The molecule has 1 saturated carbocycles. The van der Waals surface area contributed by atoms with E-state index in [2.05, 4.69) is 12.1 Å². The van der Waals surface area contributed by atoms with E-state index in [1.54, 1.807) is 7.11 Å². The van der Waals surface area contributed by atoms with Gasteiger partial charge in [-0.15, -0.1) is 0 Å². The molecule has 0 radical (unpaired) electrons. The summed E-state index contributed by atoms with van der Waals surface area (Å²) in [6.45, 7) is 0.825. The van der Waals surface area contributed by atoms with Crippen molar-refractivity contribution >= 4 is 0 Å². The maximum Gasteiger partial charge on any atom is 0.122 e. The van der Waals surface area contributed by atoms with Gasteiger partial charge in [0.2, 0.25) is 0 Å². The van der Waals surface area contributed by atoms with Crippen molar-refractivity contribution in [1.29, 1.82) is 0 Å². The Morgan fingerprint density at radius 3 is 2.71 bits per heavy atom. The summed E-state index contributed by atoms with van der Waals surface area (Å²) in [5, 5.41) is 0. The summed E-state index contributed by atoms with van der Waals surface area (Å²) in [7, 11) is 1.73. The highest BCUT2D eigenvalue weighted by Gasteiger charge is 2.30. The van der Waals surface area contributed by atoms with Gasteiger partial charge in [0.25, 0.3) is 0 Å². The monoisotopic (exact) mass is 191 g/mol. The highest BCUT2D eigenvalue weighted by atomic mass is 16.5. The quantitative estimate of drug-likeness (QED) is 0.794. The Morgan fingerprint density at radius 2 is 2.07 bits per heavy atom. The maximum absolute atomic E-state index is 5.61. The standard InChI is InChI=1S/C12H17NO/c1-14-12-5-3-2-4-11(12)10-6-9(7-10)8-13/h2-5,9-10H,6-8,13H2,1H3. The van der Waals surface area contributed by atoms with Crippen LogP contribution in [0.1, 0.15) is 24.3 Å². The van der Waals surface area contributed by atoms with Crippen LogP contribution in [0.3, 0.4) is 0 Å². The molecule has 1 fully saturated rings. The zero-order valence-corrected chi connectivity index (χ0v) is 8.57. The lowest BCUT2D eigenvalue weighted by molar-refractivity contribution is 0.265. The van der Waals surface area contributed by atoms with Gasteiger partial charge in [-0.1, -0.05) is 18.2 Å². The van der Waals surface area contributed by atoms with Crippen molar-refractivity contribution in [1.82, 2.24) is 0 Å². The highest BCUT2D eigenvalue weighted by Crippen LogP contribution is 2.44. The summed E-state index contributed by atoms with van der Waals surface area (Å²) in [5.74, 6) is 2.41. The number of ether oxygens (including phenoxy) is 1. The topological polar surface area (TPSA) is 35.2 Å². The lowest BCUT2D eigenvalue weighted by Crippen LogP contribution is -2.28. The molecule has 2 rings (SSSR count). The largest absolute Gasteiger partial charge is 0.496 e. The van der Waals surface area contributed by atoms with Gasteiger partial charge in [0.05, 0.1) is 7.11 Å². The third-order valence-electron chi connectivity index (χ3n) is 3.15. The molecule has 2 heteroatoms. The number of benzene rings is 1. The summed E-state index contributed by atoms with van der Waals surface area (Å²) >= 11 is 0. The van der Waals surface area contributed by atoms with Crippen LogP contribution in [-0.4, -0.2) is 13.7 Å². The molecule has 0 heterocycles. The van der Waals surface area contributed by atoms with Crippen LogP contribution in [0.4, 0.5) is 0 Å². The van der Waals surface area contributed by atoms with Gasteiger partial charge in [-0.25, -0.2) is 0 Å². The van der Waals surface area contributed by atoms with Gasteiger partial charge in [-0.05, 0) is 42.9 Å². The first-order valence-electron chi connectivity index (χ1n) is 5.18. The molecule has 0 spiro atoms. The fourth-order valence-corrected chi connectivity index (χ4v) is 2.19. The van der Waals surface area contributed by atoms with E-state index in [9.17, 15) is 0 Å². The molecule has 0 aliphatic heterocycles. The molecule has 2 N–H and O–H groups in total. The fourth-order valence-electron chi connectivity index (χ4n) is 2.19. The van der Waals surface area contributed by atoms with Gasteiger partial charge in [-0.3, -0.25) is 0 Å². The van der Waals surface area contributed by atoms with Crippen LogP contribution in [-0.2, 0) is 0 Å². The number of rotatable bonds is 3. The third kappa shape index (κ3) is 1.62. The molecule has 1 aromatic rings.